The van der Waals surface area contributed by atoms with Crippen LogP contribution in [0.4, 0.5) is 24.5 Å². The molecular formula is C19H17F3N6O3. The molecule has 3 aromatic rings. The molecule has 0 saturated heterocycles. The number of nitrogens with zero attached hydrogens (tertiary/aromatic N) is 4. The number of carbonyl (C=O) groups excluding carboxylic acids is 1. The van der Waals surface area contributed by atoms with Crippen molar-refractivity contribution in [1.29, 1.82) is 0 Å². The summed E-state index contributed by atoms with van der Waals surface area (Å²) in [6.45, 7) is 3.70. The Morgan fingerprint density at radius 2 is 1.97 bits per heavy atom. The number of carbonyl (C=O) groups is 1. The molecule has 9 nitrogen and oxygen atoms in total. The smallest absolute Gasteiger partial charge is 0.292 e. The maximum absolute atomic E-state index is 12.8. The number of nitrogens with one attached hydrogen (secondary N) is 2. The number of nitro groups is 1. The lowest BCUT2D eigenvalue weighted by molar-refractivity contribution is -0.384. The van der Waals surface area contributed by atoms with E-state index in [0.717, 1.165) is 6.07 Å². The molecular weight excluding hydrogens is 417 g/mol. The molecule has 0 atom stereocenters. The number of amides is 1. The summed E-state index contributed by atoms with van der Waals surface area (Å²) in [7, 11) is 0. The van der Waals surface area contributed by atoms with Crippen LogP contribution in [0.5, 0.6) is 0 Å². The Morgan fingerprint density at radius 1 is 1.23 bits per heavy atom. The molecule has 0 spiro atoms. The molecule has 1 amide bonds. The monoisotopic (exact) mass is 434 g/mol. The molecule has 12 heteroatoms. The number of hydrazine groups is 1. The van der Waals surface area contributed by atoms with Crippen LogP contribution in [-0.4, -0.2) is 25.6 Å². The summed E-state index contributed by atoms with van der Waals surface area (Å²) in [5.74, 6) is -0.303. The SMILES string of the molecule is CC(C)c1c(C(=O)NNc2ccc(C(F)(F)F)cc2[N+](=O)[O-])cnn1-c1ccccn1. The molecule has 2 aromatic heterocycles. The van der Waals surface area contributed by atoms with E-state index in [9.17, 15) is 28.1 Å². The van der Waals surface area contributed by atoms with Crippen LogP contribution in [0.3, 0.4) is 0 Å². The Morgan fingerprint density at radius 3 is 2.55 bits per heavy atom. The minimum absolute atomic E-state index is 0.134. The van der Waals surface area contributed by atoms with Gasteiger partial charge in [-0.15, -0.1) is 0 Å². The second kappa shape index (κ2) is 8.42. The van der Waals surface area contributed by atoms with Crippen LogP contribution < -0.4 is 10.9 Å². The number of rotatable bonds is 6. The van der Waals surface area contributed by atoms with Crippen molar-refractivity contribution in [1.82, 2.24) is 20.2 Å². The van der Waals surface area contributed by atoms with Gasteiger partial charge in [0.15, 0.2) is 5.82 Å². The Balaban J connectivity index is 1.87. The normalized spacial score (nSPS) is 11.4. The second-order valence-electron chi connectivity index (χ2n) is 6.76. The van der Waals surface area contributed by atoms with Crippen molar-refractivity contribution >= 4 is 17.3 Å². The Hall–Kier alpha value is -3.96. The van der Waals surface area contributed by atoms with E-state index in [1.54, 1.807) is 24.4 Å². The van der Waals surface area contributed by atoms with Gasteiger partial charge in [0.2, 0.25) is 0 Å². The molecule has 0 aliphatic carbocycles. The third-order valence-electron chi connectivity index (χ3n) is 4.30. The largest absolute Gasteiger partial charge is 0.416 e. The fourth-order valence-electron chi connectivity index (χ4n) is 2.91. The number of hydrogen-bond acceptors (Lipinski definition) is 6. The van der Waals surface area contributed by atoms with Gasteiger partial charge in [-0.25, -0.2) is 9.67 Å². The molecule has 1 aromatic carbocycles. The lowest BCUT2D eigenvalue weighted by Crippen LogP contribution is -2.30. The highest BCUT2D eigenvalue weighted by atomic mass is 19.4. The van der Waals surface area contributed by atoms with Crippen molar-refractivity contribution in [2.45, 2.75) is 25.9 Å². The quantitative estimate of drug-likeness (QED) is 0.446. The van der Waals surface area contributed by atoms with E-state index in [-0.39, 0.29) is 17.2 Å². The first kappa shape index (κ1) is 21.7. The van der Waals surface area contributed by atoms with E-state index < -0.39 is 28.3 Å². The van der Waals surface area contributed by atoms with Crippen LogP contribution in [0.1, 0.15) is 41.4 Å². The van der Waals surface area contributed by atoms with Gasteiger partial charge >= 0.3 is 6.18 Å². The Labute approximate surface area is 174 Å². The summed E-state index contributed by atoms with van der Waals surface area (Å²) < 4.78 is 40.0. The molecule has 0 aliphatic rings. The van der Waals surface area contributed by atoms with Gasteiger partial charge in [0.05, 0.1) is 27.9 Å². The van der Waals surface area contributed by atoms with Crippen molar-refractivity contribution in [3.63, 3.8) is 0 Å². The van der Waals surface area contributed by atoms with Crippen molar-refractivity contribution in [2.24, 2.45) is 0 Å². The first-order chi connectivity index (χ1) is 14.6. The predicted octanol–water partition coefficient (Wildman–Crippen LogP) is 4.07. The van der Waals surface area contributed by atoms with Crippen molar-refractivity contribution < 1.29 is 22.9 Å². The summed E-state index contributed by atoms with van der Waals surface area (Å²) >= 11 is 0. The highest BCUT2D eigenvalue weighted by Crippen LogP contribution is 2.34. The fraction of sp³-hybridized carbons (Fsp3) is 0.211. The second-order valence-corrected chi connectivity index (χ2v) is 6.76. The molecule has 0 radical (unpaired) electrons. The zero-order valence-corrected chi connectivity index (χ0v) is 16.3. The maximum atomic E-state index is 12.8. The van der Waals surface area contributed by atoms with E-state index >= 15 is 0 Å². The molecule has 31 heavy (non-hydrogen) atoms. The summed E-state index contributed by atoms with van der Waals surface area (Å²) in [6.07, 6.45) is -1.84. The average Bonchev–Trinajstić information content (AvgIpc) is 3.17. The number of nitro benzene ring substituents is 1. The van der Waals surface area contributed by atoms with Gasteiger partial charge in [-0.3, -0.25) is 25.8 Å². The van der Waals surface area contributed by atoms with Gasteiger partial charge in [0.25, 0.3) is 11.6 Å². The number of benzene rings is 1. The van der Waals surface area contributed by atoms with Gasteiger partial charge < -0.3 is 0 Å². The number of alkyl halides is 3. The van der Waals surface area contributed by atoms with Crippen LogP contribution in [0.2, 0.25) is 0 Å². The molecule has 3 rings (SSSR count). The molecule has 2 N–H and O–H groups in total. The van der Waals surface area contributed by atoms with Gasteiger partial charge in [0.1, 0.15) is 5.69 Å². The highest BCUT2D eigenvalue weighted by Gasteiger charge is 2.33. The highest BCUT2D eigenvalue weighted by molar-refractivity contribution is 5.96. The molecule has 162 valence electrons. The van der Waals surface area contributed by atoms with E-state index in [4.69, 9.17) is 0 Å². The van der Waals surface area contributed by atoms with Crippen molar-refractivity contribution in [3.8, 4) is 5.82 Å². The topological polar surface area (TPSA) is 115 Å². The van der Waals surface area contributed by atoms with E-state index in [0.29, 0.717) is 23.6 Å². The molecule has 0 aliphatic heterocycles. The average molecular weight is 434 g/mol. The van der Waals surface area contributed by atoms with Gasteiger partial charge in [-0.2, -0.15) is 18.3 Å². The Bertz CT molecular complexity index is 1110. The van der Waals surface area contributed by atoms with Crippen LogP contribution in [0.15, 0.2) is 48.8 Å². The van der Waals surface area contributed by atoms with Crippen LogP contribution in [-0.2, 0) is 6.18 Å². The summed E-state index contributed by atoms with van der Waals surface area (Å²) in [4.78, 5) is 27.1. The van der Waals surface area contributed by atoms with Crippen LogP contribution in [0, 0.1) is 10.1 Å². The lowest BCUT2D eigenvalue weighted by Gasteiger charge is -2.13. The van der Waals surface area contributed by atoms with Gasteiger partial charge in [-0.1, -0.05) is 19.9 Å². The van der Waals surface area contributed by atoms with Gasteiger partial charge in [0, 0.05) is 12.3 Å². The third kappa shape index (κ3) is 4.63. The van der Waals surface area contributed by atoms with Crippen LogP contribution >= 0.6 is 0 Å². The number of pyridine rings is 1. The number of hydrogen-bond donors (Lipinski definition) is 2. The standard InChI is InChI=1S/C19H17F3N6O3/c1-11(2)17-13(10-24-27(17)16-5-3-4-8-23-16)18(29)26-25-14-7-6-12(19(20,21)22)9-15(14)28(30)31/h3-11,25H,1-2H3,(H,26,29). The lowest BCUT2D eigenvalue weighted by atomic mass is 10.1. The summed E-state index contributed by atoms with van der Waals surface area (Å²) in [6, 6.07) is 7.16. The number of halogens is 3. The van der Waals surface area contributed by atoms with Crippen molar-refractivity contribution in [2.75, 3.05) is 5.43 Å². The molecule has 2 heterocycles. The summed E-state index contributed by atoms with van der Waals surface area (Å²) in [5, 5.41) is 15.4. The predicted molar refractivity (Wildman–Crippen MR) is 105 cm³/mol. The van der Waals surface area contributed by atoms with E-state index in [2.05, 4.69) is 20.9 Å². The molecule has 0 fully saturated rings. The number of anilines is 1. The fourth-order valence-corrected chi connectivity index (χ4v) is 2.91. The van der Waals surface area contributed by atoms with E-state index in [1.165, 1.54) is 10.9 Å². The molecule has 0 unspecified atom stereocenters. The first-order valence-electron chi connectivity index (χ1n) is 9.01. The molecule has 0 bridgehead atoms. The maximum Gasteiger partial charge on any atom is 0.416 e. The van der Waals surface area contributed by atoms with Crippen LogP contribution in [0.25, 0.3) is 5.82 Å². The number of aromatic nitrogens is 3. The first-order valence-corrected chi connectivity index (χ1v) is 9.01. The summed E-state index contributed by atoms with van der Waals surface area (Å²) in [5.41, 5.74) is 3.03. The Kier molecular flexibility index (Phi) is 5.90. The molecule has 0 saturated carbocycles. The minimum atomic E-state index is -4.74. The zero-order valence-electron chi connectivity index (χ0n) is 16.3. The van der Waals surface area contributed by atoms with Gasteiger partial charge in [-0.05, 0) is 30.2 Å². The van der Waals surface area contributed by atoms with E-state index in [1.807, 2.05) is 13.8 Å². The minimum Gasteiger partial charge on any atom is -0.292 e. The zero-order chi connectivity index (χ0) is 22.8. The third-order valence-corrected chi connectivity index (χ3v) is 4.30. The van der Waals surface area contributed by atoms with Crippen molar-refractivity contribution in [3.05, 3.63) is 75.7 Å².